The Morgan fingerprint density at radius 1 is 1.38 bits per heavy atom. The molecule has 1 aliphatic rings. The summed E-state index contributed by atoms with van der Waals surface area (Å²) in [7, 11) is 0. The van der Waals surface area contributed by atoms with Crippen molar-refractivity contribution in [2.75, 3.05) is 13.2 Å². The van der Waals surface area contributed by atoms with Gasteiger partial charge in [0.15, 0.2) is 11.5 Å². The Labute approximate surface area is 141 Å². The van der Waals surface area contributed by atoms with Crippen LogP contribution < -0.4 is 14.8 Å². The molecule has 24 heavy (non-hydrogen) atoms. The lowest BCUT2D eigenvalue weighted by atomic mass is 9.95. The Balaban J connectivity index is 1.50. The van der Waals surface area contributed by atoms with Gasteiger partial charge in [-0.15, -0.1) is 0 Å². The third-order valence-corrected chi connectivity index (χ3v) is 4.26. The molecule has 0 unspecified atom stereocenters. The molecule has 0 radical (unpaired) electrons. The summed E-state index contributed by atoms with van der Waals surface area (Å²) in [5, 5.41) is 10.1. The molecule has 2 N–H and O–H groups in total. The van der Waals surface area contributed by atoms with Crippen LogP contribution in [-0.2, 0) is 4.79 Å². The van der Waals surface area contributed by atoms with Gasteiger partial charge in [0.25, 0.3) is 0 Å². The maximum absolute atomic E-state index is 12.2. The second-order valence-corrected chi connectivity index (χ2v) is 6.25. The molecule has 0 saturated carbocycles. The number of H-pyrrole nitrogens is 1. The van der Waals surface area contributed by atoms with Gasteiger partial charge in [-0.25, -0.2) is 0 Å². The summed E-state index contributed by atoms with van der Waals surface area (Å²) < 4.78 is 11.5. The highest BCUT2D eigenvalue weighted by atomic mass is 16.6. The second kappa shape index (κ2) is 6.95. The number of benzene rings is 1. The van der Waals surface area contributed by atoms with Gasteiger partial charge in [-0.2, -0.15) is 5.10 Å². The molecular weight excluding hydrogens is 306 g/mol. The number of ether oxygens (including phenoxy) is 2. The SMILES string of the molecule is Cc1n[nH]c(C)c1[C@H](C)CC(=O)NC[C@H]1COc2ccccc2O1. The van der Waals surface area contributed by atoms with E-state index in [1.807, 2.05) is 45.0 Å². The fourth-order valence-electron chi connectivity index (χ4n) is 3.13. The number of fused-ring (bicyclic) bond motifs is 1. The van der Waals surface area contributed by atoms with Crippen LogP contribution in [0.5, 0.6) is 11.5 Å². The van der Waals surface area contributed by atoms with E-state index in [1.165, 1.54) is 0 Å². The Hall–Kier alpha value is -2.50. The molecule has 2 aromatic rings. The molecule has 0 bridgehead atoms. The van der Waals surface area contributed by atoms with Crippen molar-refractivity contribution in [1.82, 2.24) is 15.5 Å². The van der Waals surface area contributed by atoms with Gasteiger partial charge in [0, 0.05) is 12.1 Å². The van der Waals surface area contributed by atoms with Crippen LogP contribution in [0.4, 0.5) is 0 Å². The van der Waals surface area contributed by atoms with Gasteiger partial charge in [-0.1, -0.05) is 19.1 Å². The number of carbonyl (C=O) groups excluding carboxylic acids is 1. The summed E-state index contributed by atoms with van der Waals surface area (Å²) in [4.78, 5) is 12.2. The minimum Gasteiger partial charge on any atom is -0.486 e. The molecule has 0 saturated heterocycles. The Morgan fingerprint density at radius 3 is 2.83 bits per heavy atom. The van der Waals surface area contributed by atoms with Crippen LogP contribution in [0.1, 0.15) is 36.2 Å². The largest absolute Gasteiger partial charge is 0.486 e. The van der Waals surface area contributed by atoms with Crippen molar-refractivity contribution < 1.29 is 14.3 Å². The highest BCUT2D eigenvalue weighted by Gasteiger charge is 2.22. The molecule has 0 spiro atoms. The maximum Gasteiger partial charge on any atom is 0.220 e. The summed E-state index contributed by atoms with van der Waals surface area (Å²) in [5.41, 5.74) is 3.10. The average molecular weight is 329 g/mol. The summed E-state index contributed by atoms with van der Waals surface area (Å²) in [6, 6.07) is 7.56. The number of hydrogen-bond acceptors (Lipinski definition) is 4. The van der Waals surface area contributed by atoms with Crippen LogP contribution in [0.15, 0.2) is 24.3 Å². The van der Waals surface area contributed by atoms with Crippen LogP contribution in [0, 0.1) is 13.8 Å². The quantitative estimate of drug-likeness (QED) is 0.883. The smallest absolute Gasteiger partial charge is 0.220 e. The van der Waals surface area contributed by atoms with E-state index in [1.54, 1.807) is 0 Å². The van der Waals surface area contributed by atoms with Gasteiger partial charge in [0.2, 0.25) is 5.91 Å². The summed E-state index contributed by atoms with van der Waals surface area (Å²) >= 11 is 0. The van der Waals surface area contributed by atoms with E-state index in [4.69, 9.17) is 9.47 Å². The van der Waals surface area contributed by atoms with Gasteiger partial charge in [0.1, 0.15) is 12.7 Å². The third kappa shape index (κ3) is 3.53. The molecule has 0 fully saturated rings. The fraction of sp³-hybridized carbons (Fsp3) is 0.444. The van der Waals surface area contributed by atoms with Gasteiger partial charge < -0.3 is 14.8 Å². The second-order valence-electron chi connectivity index (χ2n) is 6.25. The van der Waals surface area contributed by atoms with Crippen molar-refractivity contribution in [3.63, 3.8) is 0 Å². The zero-order chi connectivity index (χ0) is 17.1. The Morgan fingerprint density at radius 2 is 2.12 bits per heavy atom. The fourth-order valence-corrected chi connectivity index (χ4v) is 3.13. The van der Waals surface area contributed by atoms with E-state index in [9.17, 15) is 4.79 Å². The average Bonchev–Trinajstić information content (AvgIpc) is 2.91. The molecule has 6 heteroatoms. The molecular formula is C18H23N3O3. The number of aromatic amines is 1. The number of rotatable bonds is 5. The van der Waals surface area contributed by atoms with E-state index in [-0.39, 0.29) is 17.9 Å². The molecule has 1 aliphatic heterocycles. The number of amides is 1. The van der Waals surface area contributed by atoms with E-state index < -0.39 is 0 Å². The Bertz CT molecular complexity index is 707. The summed E-state index contributed by atoms with van der Waals surface area (Å²) in [5.74, 6) is 1.60. The number of carbonyl (C=O) groups is 1. The van der Waals surface area contributed by atoms with Crippen LogP contribution in [0.2, 0.25) is 0 Å². The van der Waals surface area contributed by atoms with E-state index in [0.29, 0.717) is 19.6 Å². The van der Waals surface area contributed by atoms with Crippen molar-refractivity contribution >= 4 is 5.91 Å². The predicted molar refractivity (Wildman–Crippen MR) is 90.5 cm³/mol. The van der Waals surface area contributed by atoms with Crippen molar-refractivity contribution in [2.24, 2.45) is 0 Å². The van der Waals surface area contributed by atoms with Gasteiger partial charge in [-0.3, -0.25) is 9.89 Å². The number of para-hydroxylation sites is 2. The van der Waals surface area contributed by atoms with Crippen LogP contribution in [0.25, 0.3) is 0 Å². The molecule has 1 amide bonds. The number of hydrogen-bond donors (Lipinski definition) is 2. The molecule has 2 heterocycles. The van der Waals surface area contributed by atoms with Crippen LogP contribution >= 0.6 is 0 Å². The number of aromatic nitrogens is 2. The highest BCUT2D eigenvalue weighted by molar-refractivity contribution is 5.77. The normalized spacial score (nSPS) is 17.4. The highest BCUT2D eigenvalue weighted by Crippen LogP contribution is 2.30. The lowest BCUT2D eigenvalue weighted by Gasteiger charge is -2.26. The van der Waals surface area contributed by atoms with E-state index >= 15 is 0 Å². The zero-order valence-corrected chi connectivity index (χ0v) is 14.3. The minimum absolute atomic E-state index is 0.00459. The van der Waals surface area contributed by atoms with Crippen LogP contribution in [-0.4, -0.2) is 35.4 Å². The molecule has 0 aliphatic carbocycles. The molecule has 128 valence electrons. The monoisotopic (exact) mass is 329 g/mol. The summed E-state index contributed by atoms with van der Waals surface area (Å²) in [6.45, 7) is 6.85. The first-order valence-corrected chi connectivity index (χ1v) is 8.21. The first kappa shape index (κ1) is 16.4. The maximum atomic E-state index is 12.2. The van der Waals surface area contributed by atoms with Gasteiger partial charge in [0.05, 0.1) is 12.2 Å². The minimum atomic E-state index is -0.170. The zero-order valence-electron chi connectivity index (χ0n) is 14.3. The lowest BCUT2D eigenvalue weighted by molar-refractivity contribution is -0.121. The van der Waals surface area contributed by atoms with Crippen molar-refractivity contribution in [3.05, 3.63) is 41.2 Å². The van der Waals surface area contributed by atoms with Crippen LogP contribution in [0.3, 0.4) is 0 Å². The first-order valence-electron chi connectivity index (χ1n) is 8.21. The molecule has 6 nitrogen and oxygen atoms in total. The molecule has 1 aromatic heterocycles. The molecule has 3 rings (SSSR count). The van der Waals surface area contributed by atoms with Crippen molar-refractivity contribution in [3.8, 4) is 11.5 Å². The molecule has 1 aromatic carbocycles. The topological polar surface area (TPSA) is 76.2 Å². The van der Waals surface area contributed by atoms with Crippen molar-refractivity contribution in [2.45, 2.75) is 39.2 Å². The number of nitrogens with zero attached hydrogens (tertiary/aromatic N) is 1. The lowest BCUT2D eigenvalue weighted by Crippen LogP contribution is -2.41. The first-order chi connectivity index (χ1) is 11.5. The predicted octanol–water partition coefficient (Wildman–Crippen LogP) is 2.48. The van der Waals surface area contributed by atoms with E-state index in [0.717, 1.165) is 28.5 Å². The number of nitrogens with one attached hydrogen (secondary N) is 2. The van der Waals surface area contributed by atoms with Gasteiger partial charge >= 0.3 is 0 Å². The Kier molecular flexibility index (Phi) is 4.74. The third-order valence-electron chi connectivity index (χ3n) is 4.26. The van der Waals surface area contributed by atoms with Gasteiger partial charge in [-0.05, 0) is 37.5 Å². The standard InChI is InChI=1S/C18H23N3O3/c1-11(18-12(2)20-21-13(18)3)8-17(22)19-9-14-10-23-15-6-4-5-7-16(15)24-14/h4-7,11,14H,8-10H2,1-3H3,(H,19,22)(H,20,21)/t11-,14+/m1/s1. The molecule has 2 atom stereocenters. The summed E-state index contributed by atoms with van der Waals surface area (Å²) in [6.07, 6.45) is 0.252. The number of aryl methyl sites for hydroxylation is 2. The van der Waals surface area contributed by atoms with Crippen molar-refractivity contribution in [1.29, 1.82) is 0 Å². The van der Waals surface area contributed by atoms with E-state index in [2.05, 4.69) is 15.5 Å².